The zero-order valence-corrected chi connectivity index (χ0v) is 13.0. The zero-order chi connectivity index (χ0) is 15.5. The average Bonchev–Trinajstić information content (AvgIpc) is 2.48. The van der Waals surface area contributed by atoms with Gasteiger partial charge in [-0.05, 0) is 26.1 Å². The van der Waals surface area contributed by atoms with Gasteiger partial charge in [-0.25, -0.2) is 8.42 Å². The number of hydrogen-bond acceptors (Lipinski definition) is 5. The molecular weight excluding hydrogens is 292 g/mol. The van der Waals surface area contributed by atoms with Gasteiger partial charge in [0.15, 0.2) is 5.78 Å². The number of rotatable bonds is 5. The summed E-state index contributed by atoms with van der Waals surface area (Å²) in [6.07, 6.45) is -0.158. The first kappa shape index (κ1) is 16.1. The van der Waals surface area contributed by atoms with E-state index in [4.69, 9.17) is 4.74 Å². The average molecular weight is 312 g/mol. The maximum Gasteiger partial charge on any atom is 0.243 e. The van der Waals surface area contributed by atoms with Crippen molar-refractivity contribution in [3.05, 3.63) is 29.8 Å². The molecule has 1 atom stereocenters. The highest BCUT2D eigenvalue weighted by Crippen LogP contribution is 2.20. The lowest BCUT2D eigenvalue weighted by atomic mass is 10.2. The summed E-state index contributed by atoms with van der Waals surface area (Å²) in [5.41, 5.74) is 0.399. The molecule has 1 aliphatic rings. The van der Waals surface area contributed by atoms with E-state index in [0.29, 0.717) is 31.8 Å². The number of sulfonamides is 1. The normalized spacial score (nSPS) is 20.4. The van der Waals surface area contributed by atoms with E-state index in [-0.39, 0.29) is 16.8 Å². The van der Waals surface area contributed by atoms with Crippen molar-refractivity contribution in [1.82, 2.24) is 9.62 Å². The van der Waals surface area contributed by atoms with Gasteiger partial charge in [0.05, 0.1) is 17.6 Å². The van der Waals surface area contributed by atoms with Gasteiger partial charge in [0.1, 0.15) is 0 Å². The monoisotopic (exact) mass is 312 g/mol. The van der Waals surface area contributed by atoms with Gasteiger partial charge in [-0.3, -0.25) is 4.79 Å². The highest BCUT2D eigenvalue weighted by Gasteiger charge is 2.30. The molecule has 2 rings (SSSR count). The van der Waals surface area contributed by atoms with E-state index in [1.54, 1.807) is 19.2 Å². The van der Waals surface area contributed by atoms with Crippen LogP contribution in [0.15, 0.2) is 29.2 Å². The molecule has 1 heterocycles. The Morgan fingerprint density at radius 2 is 2.24 bits per heavy atom. The number of morpholine rings is 1. The summed E-state index contributed by atoms with van der Waals surface area (Å²) in [7, 11) is -1.80. The van der Waals surface area contributed by atoms with Crippen molar-refractivity contribution in [2.75, 3.05) is 33.3 Å². The second-order valence-corrected chi connectivity index (χ2v) is 6.94. The van der Waals surface area contributed by atoms with Crippen molar-refractivity contribution in [2.45, 2.75) is 17.9 Å². The third kappa shape index (κ3) is 3.68. The third-order valence-electron chi connectivity index (χ3n) is 3.41. The number of carbonyl (C=O) groups is 1. The summed E-state index contributed by atoms with van der Waals surface area (Å²) in [6.45, 7) is 3.03. The molecule has 1 N–H and O–H groups in total. The summed E-state index contributed by atoms with van der Waals surface area (Å²) < 4.78 is 32.2. The fraction of sp³-hybridized carbons (Fsp3) is 0.500. The molecule has 21 heavy (non-hydrogen) atoms. The lowest BCUT2D eigenvalue weighted by Crippen LogP contribution is -2.48. The highest BCUT2D eigenvalue weighted by molar-refractivity contribution is 7.89. The molecule has 0 saturated carbocycles. The number of nitrogens with zero attached hydrogens (tertiary/aromatic N) is 1. The lowest BCUT2D eigenvalue weighted by molar-refractivity contribution is 0.000822. The Morgan fingerprint density at radius 1 is 1.48 bits per heavy atom. The van der Waals surface area contributed by atoms with Crippen LogP contribution in [-0.4, -0.2) is 57.9 Å². The van der Waals surface area contributed by atoms with Gasteiger partial charge < -0.3 is 10.1 Å². The maximum absolute atomic E-state index is 12.7. The fourth-order valence-corrected chi connectivity index (χ4v) is 3.79. The molecule has 1 unspecified atom stereocenters. The first-order chi connectivity index (χ1) is 9.95. The Labute approximate surface area is 125 Å². The zero-order valence-electron chi connectivity index (χ0n) is 12.2. The van der Waals surface area contributed by atoms with Crippen LogP contribution in [-0.2, 0) is 14.8 Å². The number of benzene rings is 1. The summed E-state index contributed by atoms with van der Waals surface area (Å²) in [5, 5.41) is 2.98. The molecule has 0 bridgehead atoms. The number of Topliss-reactive ketones (excluding diaryl/α,β-unsaturated/α-hetero) is 1. The Kier molecular flexibility index (Phi) is 5.10. The van der Waals surface area contributed by atoms with Gasteiger partial charge in [0.2, 0.25) is 10.0 Å². The molecule has 0 radical (unpaired) electrons. The second kappa shape index (κ2) is 6.65. The van der Waals surface area contributed by atoms with E-state index < -0.39 is 10.0 Å². The molecule has 0 aliphatic carbocycles. The Hall–Kier alpha value is -1.28. The number of nitrogens with one attached hydrogen (secondary N) is 1. The number of likely N-dealkylation sites (N-methyl/N-ethyl adjacent to an activating group) is 1. The standard InChI is InChI=1S/C14H20N2O4S/c1-11(17)12-4-3-5-14(8-12)21(18,19)16-6-7-20-13(10-16)9-15-2/h3-5,8,13,15H,6-7,9-10H2,1-2H3. The Bertz CT molecular complexity index is 613. The van der Waals surface area contributed by atoms with Crippen molar-refractivity contribution < 1.29 is 17.9 Å². The van der Waals surface area contributed by atoms with Gasteiger partial charge in [-0.1, -0.05) is 12.1 Å². The van der Waals surface area contributed by atoms with Crippen molar-refractivity contribution >= 4 is 15.8 Å². The minimum atomic E-state index is -3.60. The van der Waals surface area contributed by atoms with Crippen LogP contribution in [0.25, 0.3) is 0 Å². The molecule has 0 amide bonds. The summed E-state index contributed by atoms with van der Waals surface area (Å²) in [4.78, 5) is 11.6. The van der Waals surface area contributed by atoms with E-state index >= 15 is 0 Å². The number of hydrogen-bond donors (Lipinski definition) is 1. The van der Waals surface area contributed by atoms with Crippen LogP contribution < -0.4 is 5.32 Å². The summed E-state index contributed by atoms with van der Waals surface area (Å²) in [5.74, 6) is -0.151. The smallest absolute Gasteiger partial charge is 0.243 e. The van der Waals surface area contributed by atoms with Gasteiger partial charge in [0.25, 0.3) is 0 Å². The molecule has 116 valence electrons. The molecule has 6 nitrogen and oxygen atoms in total. The van der Waals surface area contributed by atoms with Crippen molar-refractivity contribution in [3.63, 3.8) is 0 Å². The van der Waals surface area contributed by atoms with E-state index in [1.807, 2.05) is 0 Å². The molecule has 1 aliphatic heterocycles. The predicted octanol–water partition coefficient (Wildman–Crippen LogP) is 0.498. The molecule has 1 aromatic rings. The fourth-order valence-electron chi connectivity index (χ4n) is 2.29. The van der Waals surface area contributed by atoms with Crippen molar-refractivity contribution in [3.8, 4) is 0 Å². The Balaban J connectivity index is 2.25. The van der Waals surface area contributed by atoms with E-state index in [1.165, 1.54) is 23.4 Å². The highest BCUT2D eigenvalue weighted by atomic mass is 32.2. The summed E-state index contributed by atoms with van der Waals surface area (Å²) in [6, 6.07) is 6.16. The molecule has 7 heteroatoms. The molecule has 1 aromatic carbocycles. The number of ketones is 1. The maximum atomic E-state index is 12.7. The second-order valence-electron chi connectivity index (χ2n) is 5.00. The first-order valence-electron chi connectivity index (χ1n) is 6.82. The quantitative estimate of drug-likeness (QED) is 0.801. The van der Waals surface area contributed by atoms with E-state index in [0.717, 1.165) is 0 Å². The van der Waals surface area contributed by atoms with E-state index in [9.17, 15) is 13.2 Å². The minimum absolute atomic E-state index is 0.151. The SMILES string of the molecule is CNCC1CN(S(=O)(=O)c2cccc(C(C)=O)c2)CCO1. The predicted molar refractivity (Wildman–Crippen MR) is 78.9 cm³/mol. The van der Waals surface area contributed by atoms with Crippen LogP contribution in [0.4, 0.5) is 0 Å². The van der Waals surface area contributed by atoms with E-state index in [2.05, 4.69) is 5.32 Å². The minimum Gasteiger partial charge on any atom is -0.374 e. The van der Waals surface area contributed by atoms with Gasteiger partial charge >= 0.3 is 0 Å². The molecular formula is C14H20N2O4S. The lowest BCUT2D eigenvalue weighted by Gasteiger charge is -2.32. The molecule has 1 fully saturated rings. The van der Waals surface area contributed by atoms with Crippen molar-refractivity contribution in [1.29, 1.82) is 0 Å². The van der Waals surface area contributed by atoms with Crippen LogP contribution in [0, 0.1) is 0 Å². The molecule has 1 saturated heterocycles. The van der Waals surface area contributed by atoms with Crippen molar-refractivity contribution in [2.24, 2.45) is 0 Å². The molecule has 0 aromatic heterocycles. The summed E-state index contributed by atoms with van der Waals surface area (Å²) >= 11 is 0. The molecule has 0 spiro atoms. The van der Waals surface area contributed by atoms with Gasteiger partial charge in [-0.2, -0.15) is 4.31 Å². The number of ether oxygens (including phenoxy) is 1. The van der Waals surface area contributed by atoms with Crippen LogP contribution in [0.2, 0.25) is 0 Å². The topological polar surface area (TPSA) is 75.7 Å². The largest absolute Gasteiger partial charge is 0.374 e. The van der Waals surface area contributed by atoms with Gasteiger partial charge in [0, 0.05) is 25.2 Å². The Morgan fingerprint density at radius 3 is 2.90 bits per heavy atom. The van der Waals surface area contributed by atoms with Crippen LogP contribution in [0.3, 0.4) is 0 Å². The van der Waals surface area contributed by atoms with Gasteiger partial charge in [-0.15, -0.1) is 0 Å². The third-order valence-corrected chi connectivity index (χ3v) is 5.27. The van der Waals surface area contributed by atoms with Crippen LogP contribution in [0.5, 0.6) is 0 Å². The number of carbonyl (C=O) groups excluding carboxylic acids is 1. The first-order valence-corrected chi connectivity index (χ1v) is 8.26. The van der Waals surface area contributed by atoms with Crippen LogP contribution in [0.1, 0.15) is 17.3 Å². The van der Waals surface area contributed by atoms with Crippen LogP contribution >= 0.6 is 0 Å².